The van der Waals surface area contributed by atoms with Gasteiger partial charge in [0.05, 0.1) is 5.54 Å². The molecule has 2 nitrogen and oxygen atoms in total. The Balaban J connectivity index is 2.46. The molecule has 1 aliphatic carbocycles. The minimum absolute atomic E-state index is 0.229. The second-order valence-electron chi connectivity index (χ2n) is 3.97. The second-order valence-corrected chi connectivity index (χ2v) is 3.97. The molecule has 0 unspecified atom stereocenters. The summed E-state index contributed by atoms with van der Waals surface area (Å²) in [6.07, 6.45) is 8.31. The molecule has 0 amide bonds. The highest BCUT2D eigenvalue weighted by Gasteiger charge is 2.33. The smallest absolute Gasteiger partial charge is 0.152 e. The van der Waals surface area contributed by atoms with Crippen molar-refractivity contribution < 1.29 is 4.79 Å². The number of hydrogen-bond acceptors (Lipinski definition) is 2. The zero-order valence-electron chi connectivity index (χ0n) is 8.22. The molecule has 0 aromatic heterocycles. The second kappa shape index (κ2) is 4.56. The SMILES string of the molecule is C=CCCC(=O)C1(N)CCCCC1. The predicted octanol–water partition coefficient (Wildman–Crippen LogP) is 2.18. The molecular weight excluding hydrogens is 162 g/mol. The van der Waals surface area contributed by atoms with Gasteiger partial charge >= 0.3 is 0 Å². The minimum Gasteiger partial charge on any atom is -0.319 e. The maximum atomic E-state index is 11.7. The van der Waals surface area contributed by atoms with Gasteiger partial charge in [-0.15, -0.1) is 6.58 Å². The maximum absolute atomic E-state index is 11.7. The summed E-state index contributed by atoms with van der Waals surface area (Å²) >= 11 is 0. The summed E-state index contributed by atoms with van der Waals surface area (Å²) in [6, 6.07) is 0. The average Bonchev–Trinajstić information content (AvgIpc) is 2.15. The number of allylic oxidation sites excluding steroid dienone is 1. The van der Waals surface area contributed by atoms with Crippen LogP contribution < -0.4 is 5.73 Å². The van der Waals surface area contributed by atoms with Gasteiger partial charge in [-0.25, -0.2) is 0 Å². The van der Waals surface area contributed by atoms with E-state index < -0.39 is 5.54 Å². The molecule has 0 aliphatic heterocycles. The lowest BCUT2D eigenvalue weighted by atomic mass is 9.78. The van der Waals surface area contributed by atoms with E-state index in [0.717, 1.165) is 32.1 Å². The fourth-order valence-electron chi connectivity index (χ4n) is 1.94. The van der Waals surface area contributed by atoms with Crippen molar-refractivity contribution in [1.82, 2.24) is 0 Å². The lowest BCUT2D eigenvalue weighted by molar-refractivity contribution is -0.125. The average molecular weight is 181 g/mol. The van der Waals surface area contributed by atoms with Crippen LogP contribution >= 0.6 is 0 Å². The predicted molar refractivity (Wildman–Crippen MR) is 54.4 cm³/mol. The van der Waals surface area contributed by atoms with Crippen LogP contribution in [0.4, 0.5) is 0 Å². The van der Waals surface area contributed by atoms with E-state index in [1.807, 2.05) is 0 Å². The lowest BCUT2D eigenvalue weighted by Gasteiger charge is -2.31. The molecule has 0 spiro atoms. The maximum Gasteiger partial charge on any atom is 0.152 e. The Hall–Kier alpha value is -0.630. The van der Waals surface area contributed by atoms with Gasteiger partial charge in [0.25, 0.3) is 0 Å². The van der Waals surface area contributed by atoms with Gasteiger partial charge in [-0.05, 0) is 19.3 Å². The number of carbonyl (C=O) groups excluding carboxylic acids is 1. The molecule has 1 fully saturated rings. The summed E-state index contributed by atoms with van der Waals surface area (Å²) in [5.74, 6) is 0.229. The molecule has 0 bridgehead atoms. The fraction of sp³-hybridized carbons (Fsp3) is 0.727. The highest BCUT2D eigenvalue weighted by molar-refractivity contribution is 5.88. The highest BCUT2D eigenvalue weighted by Crippen LogP contribution is 2.27. The monoisotopic (exact) mass is 181 g/mol. The minimum atomic E-state index is -0.499. The molecule has 1 saturated carbocycles. The van der Waals surface area contributed by atoms with Gasteiger partial charge in [-0.2, -0.15) is 0 Å². The van der Waals surface area contributed by atoms with Crippen LogP contribution in [0.2, 0.25) is 0 Å². The Morgan fingerprint density at radius 1 is 1.38 bits per heavy atom. The fourth-order valence-corrected chi connectivity index (χ4v) is 1.94. The molecule has 1 rings (SSSR count). The Bertz CT molecular complexity index is 192. The van der Waals surface area contributed by atoms with E-state index in [0.29, 0.717) is 6.42 Å². The molecule has 2 heteroatoms. The molecule has 0 aromatic rings. The van der Waals surface area contributed by atoms with Gasteiger partial charge < -0.3 is 5.73 Å². The van der Waals surface area contributed by atoms with Crippen LogP contribution in [0.25, 0.3) is 0 Å². The van der Waals surface area contributed by atoms with Gasteiger partial charge in [-0.1, -0.05) is 25.3 Å². The topological polar surface area (TPSA) is 43.1 Å². The zero-order valence-corrected chi connectivity index (χ0v) is 8.22. The molecular formula is C11H19NO. The van der Waals surface area contributed by atoms with Crippen molar-refractivity contribution in [2.24, 2.45) is 5.73 Å². The standard InChI is InChI=1S/C11H19NO/c1-2-3-7-10(13)11(12)8-5-4-6-9-11/h2H,1,3-9,12H2. The summed E-state index contributed by atoms with van der Waals surface area (Å²) < 4.78 is 0. The van der Waals surface area contributed by atoms with Crippen molar-refractivity contribution in [3.63, 3.8) is 0 Å². The number of hydrogen-bond donors (Lipinski definition) is 1. The van der Waals surface area contributed by atoms with E-state index in [1.54, 1.807) is 6.08 Å². The van der Waals surface area contributed by atoms with Crippen LogP contribution in [-0.2, 0) is 4.79 Å². The van der Waals surface area contributed by atoms with Crippen LogP contribution in [-0.4, -0.2) is 11.3 Å². The van der Waals surface area contributed by atoms with E-state index in [2.05, 4.69) is 6.58 Å². The van der Waals surface area contributed by atoms with Crippen molar-refractivity contribution in [1.29, 1.82) is 0 Å². The van der Waals surface area contributed by atoms with Gasteiger partial charge in [0.2, 0.25) is 0 Å². The number of rotatable bonds is 4. The van der Waals surface area contributed by atoms with Crippen LogP contribution in [0, 0.1) is 0 Å². The summed E-state index contributed by atoms with van der Waals surface area (Å²) in [5, 5.41) is 0. The van der Waals surface area contributed by atoms with Crippen LogP contribution in [0.3, 0.4) is 0 Å². The first-order valence-corrected chi connectivity index (χ1v) is 5.12. The van der Waals surface area contributed by atoms with E-state index in [4.69, 9.17) is 5.73 Å². The largest absolute Gasteiger partial charge is 0.319 e. The summed E-state index contributed by atoms with van der Waals surface area (Å²) in [6.45, 7) is 3.61. The van der Waals surface area contributed by atoms with E-state index in [1.165, 1.54) is 6.42 Å². The van der Waals surface area contributed by atoms with Crippen molar-refractivity contribution in [3.8, 4) is 0 Å². The first kappa shape index (κ1) is 10.5. The zero-order chi connectivity index (χ0) is 9.73. The lowest BCUT2D eigenvalue weighted by Crippen LogP contribution is -2.49. The third-order valence-electron chi connectivity index (χ3n) is 2.88. The molecule has 0 saturated heterocycles. The molecule has 1 aliphatic rings. The summed E-state index contributed by atoms with van der Waals surface area (Å²) in [4.78, 5) is 11.7. The molecule has 0 aromatic carbocycles. The van der Waals surface area contributed by atoms with Gasteiger partial charge in [0.1, 0.15) is 0 Å². The third kappa shape index (κ3) is 2.66. The Morgan fingerprint density at radius 2 is 2.00 bits per heavy atom. The van der Waals surface area contributed by atoms with Crippen LogP contribution in [0.15, 0.2) is 12.7 Å². The van der Waals surface area contributed by atoms with Crippen LogP contribution in [0.1, 0.15) is 44.9 Å². The number of nitrogens with two attached hydrogens (primary N) is 1. The summed E-state index contributed by atoms with van der Waals surface area (Å²) in [7, 11) is 0. The molecule has 0 radical (unpaired) electrons. The van der Waals surface area contributed by atoms with E-state index in [9.17, 15) is 4.79 Å². The molecule has 13 heavy (non-hydrogen) atoms. The van der Waals surface area contributed by atoms with Crippen molar-refractivity contribution in [3.05, 3.63) is 12.7 Å². The Kier molecular flexibility index (Phi) is 3.67. The van der Waals surface area contributed by atoms with E-state index in [-0.39, 0.29) is 5.78 Å². The Labute approximate surface area is 80.2 Å². The molecule has 0 heterocycles. The van der Waals surface area contributed by atoms with Crippen molar-refractivity contribution in [2.45, 2.75) is 50.5 Å². The first-order valence-electron chi connectivity index (χ1n) is 5.12. The van der Waals surface area contributed by atoms with Crippen molar-refractivity contribution in [2.75, 3.05) is 0 Å². The highest BCUT2D eigenvalue weighted by atomic mass is 16.1. The van der Waals surface area contributed by atoms with Crippen molar-refractivity contribution >= 4 is 5.78 Å². The molecule has 74 valence electrons. The van der Waals surface area contributed by atoms with Crippen LogP contribution in [0.5, 0.6) is 0 Å². The van der Waals surface area contributed by atoms with E-state index >= 15 is 0 Å². The Morgan fingerprint density at radius 3 is 2.54 bits per heavy atom. The number of ketones is 1. The first-order chi connectivity index (χ1) is 6.19. The van der Waals surface area contributed by atoms with Gasteiger partial charge in [-0.3, -0.25) is 4.79 Å². The normalized spacial score (nSPS) is 21.0. The number of carbonyl (C=O) groups is 1. The van der Waals surface area contributed by atoms with Gasteiger partial charge in [0, 0.05) is 6.42 Å². The third-order valence-corrected chi connectivity index (χ3v) is 2.88. The van der Waals surface area contributed by atoms with Gasteiger partial charge in [0.15, 0.2) is 5.78 Å². The summed E-state index contributed by atoms with van der Waals surface area (Å²) in [5.41, 5.74) is 5.56. The molecule has 0 atom stereocenters. The molecule has 2 N–H and O–H groups in total. The number of Topliss-reactive ketones (excluding diaryl/α,β-unsaturated/α-hetero) is 1. The quantitative estimate of drug-likeness (QED) is 0.675.